The Morgan fingerprint density at radius 2 is 1.76 bits per heavy atom. The van der Waals surface area contributed by atoms with Crippen LogP contribution in [0.5, 0.6) is 0 Å². The number of amides is 1. The van der Waals surface area contributed by atoms with Crippen LogP contribution in [0.1, 0.15) is 16.1 Å². The molecule has 0 aliphatic rings. The Morgan fingerprint density at radius 3 is 2.48 bits per heavy atom. The first-order chi connectivity index (χ1) is 10.2. The zero-order valence-electron chi connectivity index (χ0n) is 11.6. The number of nitrogens with one attached hydrogen (secondary N) is 1. The van der Waals surface area contributed by atoms with Crippen LogP contribution >= 0.6 is 11.6 Å². The van der Waals surface area contributed by atoms with Crippen LogP contribution in [0.3, 0.4) is 0 Å². The number of carbonyl (C=O) groups excluding carboxylic acids is 1. The normalized spacial score (nSPS) is 10.8. The molecule has 21 heavy (non-hydrogen) atoms. The van der Waals surface area contributed by atoms with E-state index in [1.54, 1.807) is 0 Å². The van der Waals surface area contributed by atoms with Gasteiger partial charge in [0.2, 0.25) is 0 Å². The first kappa shape index (κ1) is 13.7. The monoisotopic (exact) mass is 298 g/mol. The van der Waals surface area contributed by atoms with E-state index in [1.165, 1.54) is 0 Å². The summed E-state index contributed by atoms with van der Waals surface area (Å²) < 4.78 is 1.83. The molecule has 0 spiro atoms. The summed E-state index contributed by atoms with van der Waals surface area (Å²) in [6.45, 7) is 0.484. The lowest BCUT2D eigenvalue weighted by Crippen LogP contribution is -2.25. The largest absolute Gasteiger partial charge is 0.347 e. The van der Waals surface area contributed by atoms with Crippen LogP contribution in [0.15, 0.2) is 54.6 Å². The highest BCUT2D eigenvalue weighted by atomic mass is 35.5. The molecule has 4 heteroatoms. The van der Waals surface area contributed by atoms with E-state index in [9.17, 15) is 4.79 Å². The van der Waals surface area contributed by atoms with Gasteiger partial charge in [-0.1, -0.05) is 60.1 Å². The predicted octanol–water partition coefficient (Wildman–Crippen LogP) is 3.76. The van der Waals surface area contributed by atoms with Crippen LogP contribution in [0, 0.1) is 0 Å². The van der Waals surface area contributed by atoms with Gasteiger partial charge in [-0.2, -0.15) is 0 Å². The molecule has 2 aromatic carbocycles. The highest BCUT2D eigenvalue weighted by Gasteiger charge is 2.19. The van der Waals surface area contributed by atoms with E-state index in [0.29, 0.717) is 17.3 Å². The third-order valence-electron chi connectivity index (χ3n) is 3.56. The lowest BCUT2D eigenvalue weighted by atomic mass is 10.2. The molecule has 1 heterocycles. The molecule has 1 aromatic heterocycles. The maximum atomic E-state index is 12.4. The third-order valence-corrected chi connectivity index (χ3v) is 3.94. The first-order valence-electron chi connectivity index (χ1n) is 6.73. The first-order valence-corrected chi connectivity index (χ1v) is 7.11. The Morgan fingerprint density at radius 1 is 1.10 bits per heavy atom. The lowest BCUT2D eigenvalue weighted by molar-refractivity contribution is 0.0943. The Labute approximate surface area is 128 Å². The van der Waals surface area contributed by atoms with Crippen molar-refractivity contribution in [3.8, 4) is 0 Å². The molecule has 0 saturated heterocycles. The van der Waals surface area contributed by atoms with Gasteiger partial charge in [-0.15, -0.1) is 0 Å². The van der Waals surface area contributed by atoms with Crippen LogP contribution in [0.2, 0.25) is 5.02 Å². The molecule has 0 radical (unpaired) electrons. The number of nitrogens with zero attached hydrogens (tertiary/aromatic N) is 1. The fraction of sp³-hybridized carbons (Fsp3) is 0.118. The maximum absolute atomic E-state index is 12.4. The Bertz CT molecular complexity index is 754. The molecule has 0 aliphatic carbocycles. The molecule has 3 rings (SSSR count). The van der Waals surface area contributed by atoms with Crippen molar-refractivity contribution in [1.82, 2.24) is 9.88 Å². The van der Waals surface area contributed by atoms with Crippen LogP contribution < -0.4 is 5.32 Å². The van der Waals surface area contributed by atoms with E-state index in [0.717, 1.165) is 16.5 Å². The van der Waals surface area contributed by atoms with Crippen molar-refractivity contribution < 1.29 is 4.79 Å². The number of aryl methyl sites for hydroxylation is 1. The Kier molecular flexibility index (Phi) is 3.67. The number of halogens is 1. The number of para-hydroxylation sites is 1. The maximum Gasteiger partial charge on any atom is 0.269 e. The average molecular weight is 299 g/mol. The number of fused-ring (bicyclic) bond motifs is 1. The van der Waals surface area contributed by atoms with Crippen LogP contribution in [-0.4, -0.2) is 10.5 Å². The predicted molar refractivity (Wildman–Crippen MR) is 85.5 cm³/mol. The van der Waals surface area contributed by atoms with Crippen LogP contribution in [-0.2, 0) is 13.6 Å². The van der Waals surface area contributed by atoms with Gasteiger partial charge >= 0.3 is 0 Å². The quantitative estimate of drug-likeness (QED) is 0.785. The fourth-order valence-corrected chi connectivity index (χ4v) is 2.83. The zero-order valence-corrected chi connectivity index (χ0v) is 12.4. The van der Waals surface area contributed by atoms with Crippen molar-refractivity contribution in [3.05, 3.63) is 70.9 Å². The number of benzene rings is 2. The molecule has 3 aromatic rings. The Hall–Kier alpha value is -2.26. The van der Waals surface area contributed by atoms with Crippen molar-refractivity contribution in [3.63, 3.8) is 0 Å². The minimum absolute atomic E-state index is 0.164. The summed E-state index contributed by atoms with van der Waals surface area (Å²) in [7, 11) is 1.85. The smallest absolute Gasteiger partial charge is 0.269 e. The molecular formula is C17H15ClN2O. The van der Waals surface area contributed by atoms with E-state index in [-0.39, 0.29) is 5.91 Å². The van der Waals surface area contributed by atoms with Gasteiger partial charge in [0.15, 0.2) is 0 Å². The van der Waals surface area contributed by atoms with Crippen molar-refractivity contribution >= 4 is 28.4 Å². The number of hydrogen-bond acceptors (Lipinski definition) is 1. The molecule has 0 fully saturated rings. The molecule has 0 bridgehead atoms. The summed E-state index contributed by atoms with van der Waals surface area (Å²) >= 11 is 6.36. The van der Waals surface area contributed by atoms with Gasteiger partial charge < -0.3 is 9.88 Å². The molecule has 1 N–H and O–H groups in total. The SMILES string of the molecule is Cn1c(C(=O)NCc2ccccc2)c(Cl)c2ccccc21. The topological polar surface area (TPSA) is 34.0 Å². The molecule has 0 aliphatic heterocycles. The van der Waals surface area contributed by atoms with Crippen LogP contribution in [0.4, 0.5) is 0 Å². The zero-order chi connectivity index (χ0) is 14.8. The number of aromatic nitrogens is 1. The standard InChI is InChI=1S/C17H15ClN2O/c1-20-14-10-6-5-9-13(14)15(18)16(20)17(21)19-11-12-7-3-2-4-8-12/h2-10H,11H2,1H3,(H,19,21). The van der Waals surface area contributed by atoms with E-state index >= 15 is 0 Å². The van der Waals surface area contributed by atoms with Gasteiger partial charge in [-0.05, 0) is 11.6 Å². The second kappa shape index (κ2) is 5.62. The molecule has 0 unspecified atom stereocenters. The van der Waals surface area contributed by atoms with E-state index in [4.69, 9.17) is 11.6 Å². The van der Waals surface area contributed by atoms with Gasteiger partial charge in [-0.3, -0.25) is 4.79 Å². The molecule has 106 valence electrons. The van der Waals surface area contributed by atoms with Gasteiger partial charge in [-0.25, -0.2) is 0 Å². The minimum atomic E-state index is -0.164. The molecule has 3 nitrogen and oxygen atoms in total. The van der Waals surface area contributed by atoms with Crippen molar-refractivity contribution in [2.45, 2.75) is 6.54 Å². The average Bonchev–Trinajstić information content (AvgIpc) is 2.78. The minimum Gasteiger partial charge on any atom is -0.347 e. The summed E-state index contributed by atoms with van der Waals surface area (Å²) in [4.78, 5) is 12.4. The summed E-state index contributed by atoms with van der Waals surface area (Å²) in [6.07, 6.45) is 0. The summed E-state index contributed by atoms with van der Waals surface area (Å²) in [5.41, 5.74) is 2.50. The molecule has 0 saturated carbocycles. The van der Waals surface area contributed by atoms with Crippen molar-refractivity contribution in [2.24, 2.45) is 7.05 Å². The number of hydrogen-bond donors (Lipinski definition) is 1. The fourth-order valence-electron chi connectivity index (χ4n) is 2.46. The van der Waals surface area contributed by atoms with Gasteiger partial charge in [0, 0.05) is 24.5 Å². The second-order valence-electron chi connectivity index (χ2n) is 4.91. The lowest BCUT2D eigenvalue weighted by Gasteiger charge is -2.07. The van der Waals surface area contributed by atoms with E-state index in [2.05, 4.69) is 5.32 Å². The van der Waals surface area contributed by atoms with E-state index in [1.807, 2.05) is 66.2 Å². The van der Waals surface area contributed by atoms with Gasteiger partial charge in [0.1, 0.15) is 5.69 Å². The number of rotatable bonds is 3. The van der Waals surface area contributed by atoms with Crippen molar-refractivity contribution in [2.75, 3.05) is 0 Å². The number of carbonyl (C=O) groups is 1. The van der Waals surface area contributed by atoms with Crippen LogP contribution in [0.25, 0.3) is 10.9 Å². The molecular weight excluding hydrogens is 284 g/mol. The summed E-state index contributed by atoms with van der Waals surface area (Å²) in [5, 5.41) is 4.31. The highest BCUT2D eigenvalue weighted by Crippen LogP contribution is 2.29. The summed E-state index contributed by atoms with van der Waals surface area (Å²) in [5.74, 6) is -0.164. The van der Waals surface area contributed by atoms with Gasteiger partial charge in [0.25, 0.3) is 5.91 Å². The third kappa shape index (κ3) is 2.52. The van der Waals surface area contributed by atoms with Crippen molar-refractivity contribution in [1.29, 1.82) is 0 Å². The summed E-state index contributed by atoms with van der Waals surface area (Å²) in [6, 6.07) is 17.5. The highest BCUT2D eigenvalue weighted by molar-refractivity contribution is 6.38. The van der Waals surface area contributed by atoms with E-state index < -0.39 is 0 Å². The van der Waals surface area contributed by atoms with Gasteiger partial charge in [0.05, 0.1) is 5.02 Å². The molecule has 1 amide bonds. The Balaban J connectivity index is 1.88. The second-order valence-corrected chi connectivity index (χ2v) is 5.28. The molecule has 0 atom stereocenters.